The van der Waals surface area contributed by atoms with Gasteiger partial charge in [-0.05, 0) is 42.2 Å². The number of hydrogen-bond acceptors (Lipinski definition) is 4. The molecule has 0 spiro atoms. The van der Waals surface area contributed by atoms with Gasteiger partial charge in [0, 0.05) is 29.6 Å². The Hall–Kier alpha value is -2.50. The quantitative estimate of drug-likeness (QED) is 0.617. The van der Waals surface area contributed by atoms with E-state index in [1.807, 2.05) is 48.7 Å². The number of benzene rings is 2. The molecule has 2 aromatic carbocycles. The Bertz CT molecular complexity index is 885. The third-order valence-corrected chi connectivity index (χ3v) is 4.60. The summed E-state index contributed by atoms with van der Waals surface area (Å²) in [6, 6.07) is 13.2. The Balaban J connectivity index is 0.00000261. The molecule has 0 amide bonds. The SMILES string of the molecule is COc1cc(CCC(=O)C(N)Cc2c[nH]c3ccccc23)cc(OC)c1.Cl. The van der Waals surface area contributed by atoms with Crippen molar-refractivity contribution in [2.75, 3.05) is 14.2 Å². The average Bonchev–Trinajstić information content (AvgIpc) is 3.08. The number of aryl methyl sites for hydroxylation is 1. The molecule has 0 bridgehead atoms. The molecule has 1 heterocycles. The van der Waals surface area contributed by atoms with Crippen molar-refractivity contribution in [3.8, 4) is 11.5 Å². The van der Waals surface area contributed by atoms with Crippen LogP contribution in [-0.4, -0.2) is 31.0 Å². The monoisotopic (exact) mass is 388 g/mol. The normalized spacial score (nSPS) is 11.7. The van der Waals surface area contributed by atoms with Crippen molar-refractivity contribution in [2.45, 2.75) is 25.3 Å². The van der Waals surface area contributed by atoms with Crippen molar-refractivity contribution in [2.24, 2.45) is 5.73 Å². The van der Waals surface area contributed by atoms with Gasteiger partial charge in [-0.15, -0.1) is 12.4 Å². The summed E-state index contributed by atoms with van der Waals surface area (Å²) in [5.41, 5.74) is 9.29. The molecule has 1 unspecified atom stereocenters. The van der Waals surface area contributed by atoms with E-state index >= 15 is 0 Å². The van der Waals surface area contributed by atoms with Crippen molar-refractivity contribution >= 4 is 29.1 Å². The van der Waals surface area contributed by atoms with Gasteiger partial charge in [0.1, 0.15) is 17.3 Å². The number of para-hydroxylation sites is 1. The van der Waals surface area contributed by atoms with Gasteiger partial charge in [-0.2, -0.15) is 0 Å². The third kappa shape index (κ3) is 5.02. The van der Waals surface area contributed by atoms with Crippen LogP contribution in [0.5, 0.6) is 11.5 Å². The van der Waals surface area contributed by atoms with Crippen molar-refractivity contribution in [1.82, 2.24) is 4.98 Å². The zero-order chi connectivity index (χ0) is 18.5. The summed E-state index contributed by atoms with van der Waals surface area (Å²) in [6.45, 7) is 0. The maximum absolute atomic E-state index is 12.5. The molecule has 0 aliphatic carbocycles. The van der Waals surface area contributed by atoms with E-state index < -0.39 is 6.04 Å². The summed E-state index contributed by atoms with van der Waals surface area (Å²) >= 11 is 0. The van der Waals surface area contributed by atoms with Gasteiger partial charge in [-0.25, -0.2) is 0 Å². The number of nitrogens with two attached hydrogens (primary N) is 1. The van der Waals surface area contributed by atoms with E-state index in [4.69, 9.17) is 15.2 Å². The van der Waals surface area contributed by atoms with Gasteiger partial charge in [-0.3, -0.25) is 4.79 Å². The largest absolute Gasteiger partial charge is 0.497 e. The van der Waals surface area contributed by atoms with Crippen LogP contribution >= 0.6 is 12.4 Å². The Labute approximate surface area is 165 Å². The second-order valence-electron chi connectivity index (χ2n) is 6.36. The lowest BCUT2D eigenvalue weighted by Gasteiger charge is -2.11. The zero-order valence-corrected chi connectivity index (χ0v) is 16.3. The van der Waals surface area contributed by atoms with E-state index in [9.17, 15) is 4.79 Å². The first-order valence-electron chi connectivity index (χ1n) is 8.66. The highest BCUT2D eigenvalue weighted by Crippen LogP contribution is 2.24. The molecule has 0 saturated heterocycles. The fourth-order valence-corrected chi connectivity index (χ4v) is 3.11. The van der Waals surface area contributed by atoms with Crippen LogP contribution in [0.2, 0.25) is 0 Å². The number of fused-ring (bicyclic) bond motifs is 1. The summed E-state index contributed by atoms with van der Waals surface area (Å²) in [5.74, 6) is 1.49. The van der Waals surface area contributed by atoms with Gasteiger partial charge < -0.3 is 20.2 Å². The Morgan fingerprint density at radius 1 is 1.11 bits per heavy atom. The van der Waals surface area contributed by atoms with E-state index in [0.29, 0.717) is 19.3 Å². The Kier molecular flexibility index (Phi) is 7.28. The summed E-state index contributed by atoms with van der Waals surface area (Å²) in [5, 5.41) is 1.12. The van der Waals surface area contributed by atoms with Crippen molar-refractivity contribution in [3.63, 3.8) is 0 Å². The first kappa shape index (κ1) is 20.8. The lowest BCUT2D eigenvalue weighted by molar-refractivity contribution is -0.120. The minimum atomic E-state index is -0.512. The first-order chi connectivity index (χ1) is 12.6. The highest BCUT2D eigenvalue weighted by molar-refractivity contribution is 5.87. The highest BCUT2D eigenvalue weighted by Gasteiger charge is 2.16. The van der Waals surface area contributed by atoms with Crippen LogP contribution in [0.4, 0.5) is 0 Å². The lowest BCUT2D eigenvalue weighted by atomic mass is 9.98. The average molecular weight is 389 g/mol. The van der Waals surface area contributed by atoms with E-state index in [0.717, 1.165) is 33.5 Å². The number of rotatable bonds is 8. The number of ketones is 1. The maximum atomic E-state index is 12.5. The summed E-state index contributed by atoms with van der Waals surface area (Å²) < 4.78 is 10.5. The topological polar surface area (TPSA) is 77.3 Å². The molecule has 3 rings (SSSR count). The molecule has 0 radical (unpaired) electrons. The molecule has 6 heteroatoms. The molecule has 1 aromatic heterocycles. The molecule has 0 saturated carbocycles. The second kappa shape index (κ2) is 9.44. The van der Waals surface area contributed by atoms with Crippen molar-refractivity contribution in [3.05, 3.63) is 59.8 Å². The standard InChI is InChI=1S/C21H24N2O3.ClH/c1-25-16-9-14(10-17(12-16)26-2)7-8-21(24)19(22)11-15-13-23-20-6-4-3-5-18(15)20;/h3-6,9-10,12-13,19,23H,7-8,11,22H2,1-2H3;1H. The van der Waals surface area contributed by atoms with Crippen molar-refractivity contribution < 1.29 is 14.3 Å². The van der Waals surface area contributed by atoms with E-state index in [-0.39, 0.29) is 18.2 Å². The zero-order valence-electron chi connectivity index (χ0n) is 15.5. The van der Waals surface area contributed by atoms with Gasteiger partial charge in [-0.1, -0.05) is 18.2 Å². The maximum Gasteiger partial charge on any atom is 0.150 e. The van der Waals surface area contributed by atoms with Crippen LogP contribution in [0, 0.1) is 0 Å². The van der Waals surface area contributed by atoms with E-state index in [2.05, 4.69) is 4.98 Å². The fraction of sp³-hybridized carbons (Fsp3) is 0.286. The molecule has 3 N–H and O–H groups in total. The van der Waals surface area contributed by atoms with Crippen LogP contribution in [0.15, 0.2) is 48.7 Å². The molecule has 5 nitrogen and oxygen atoms in total. The number of methoxy groups -OCH3 is 2. The summed E-state index contributed by atoms with van der Waals surface area (Å²) in [4.78, 5) is 15.7. The second-order valence-corrected chi connectivity index (χ2v) is 6.36. The molecule has 0 fully saturated rings. The smallest absolute Gasteiger partial charge is 0.150 e. The van der Waals surface area contributed by atoms with Crippen LogP contribution < -0.4 is 15.2 Å². The van der Waals surface area contributed by atoms with Crippen LogP contribution in [0.1, 0.15) is 17.5 Å². The summed E-state index contributed by atoms with van der Waals surface area (Å²) in [6.07, 6.45) is 3.46. The number of hydrogen-bond donors (Lipinski definition) is 2. The van der Waals surface area contributed by atoms with Gasteiger partial charge in [0.2, 0.25) is 0 Å². The summed E-state index contributed by atoms with van der Waals surface area (Å²) in [7, 11) is 3.22. The van der Waals surface area contributed by atoms with Gasteiger partial charge >= 0.3 is 0 Å². The number of halogens is 1. The van der Waals surface area contributed by atoms with Crippen LogP contribution in [-0.2, 0) is 17.6 Å². The van der Waals surface area contributed by atoms with E-state index in [1.54, 1.807) is 14.2 Å². The molecule has 0 aliphatic rings. The Morgan fingerprint density at radius 3 is 2.44 bits per heavy atom. The Morgan fingerprint density at radius 2 is 1.78 bits per heavy atom. The number of nitrogens with one attached hydrogen (secondary N) is 1. The number of aromatic nitrogens is 1. The third-order valence-electron chi connectivity index (χ3n) is 4.60. The number of Topliss-reactive ketones (excluding diaryl/α,β-unsaturated/α-hetero) is 1. The molecule has 27 heavy (non-hydrogen) atoms. The molecular formula is C21H25ClN2O3. The predicted molar refractivity (Wildman–Crippen MR) is 110 cm³/mol. The predicted octanol–water partition coefficient (Wildman–Crippen LogP) is 3.68. The van der Waals surface area contributed by atoms with Crippen molar-refractivity contribution in [1.29, 1.82) is 0 Å². The van der Waals surface area contributed by atoms with E-state index in [1.165, 1.54) is 0 Å². The van der Waals surface area contributed by atoms with Gasteiger partial charge in [0.15, 0.2) is 0 Å². The highest BCUT2D eigenvalue weighted by atomic mass is 35.5. The van der Waals surface area contributed by atoms with Gasteiger partial charge in [0.25, 0.3) is 0 Å². The number of carbonyl (C=O) groups excluding carboxylic acids is 1. The lowest BCUT2D eigenvalue weighted by Crippen LogP contribution is -2.32. The molecule has 3 aromatic rings. The van der Waals surface area contributed by atoms with Crippen LogP contribution in [0.25, 0.3) is 10.9 Å². The first-order valence-corrected chi connectivity index (χ1v) is 8.66. The number of ether oxygens (including phenoxy) is 2. The minimum absolute atomic E-state index is 0. The number of aromatic amines is 1. The molecule has 1 atom stereocenters. The minimum Gasteiger partial charge on any atom is -0.497 e. The number of H-pyrrole nitrogens is 1. The molecular weight excluding hydrogens is 364 g/mol. The fourth-order valence-electron chi connectivity index (χ4n) is 3.11. The molecule has 0 aliphatic heterocycles. The van der Waals surface area contributed by atoms with Gasteiger partial charge in [0.05, 0.1) is 20.3 Å². The number of carbonyl (C=O) groups is 1. The van der Waals surface area contributed by atoms with Crippen LogP contribution in [0.3, 0.4) is 0 Å². The molecule has 144 valence electrons.